The van der Waals surface area contributed by atoms with E-state index in [1.165, 1.54) is 0 Å². The van der Waals surface area contributed by atoms with Crippen LogP contribution in [0.5, 0.6) is 5.75 Å². The third kappa shape index (κ3) is 3.21. The van der Waals surface area contributed by atoms with Crippen molar-refractivity contribution in [2.24, 2.45) is 7.05 Å². The molecule has 1 amide bonds. The highest BCUT2D eigenvalue weighted by Crippen LogP contribution is 2.25. The first kappa shape index (κ1) is 15.9. The van der Waals surface area contributed by atoms with Gasteiger partial charge in [-0.05, 0) is 24.3 Å². The van der Waals surface area contributed by atoms with Crippen LogP contribution >= 0.6 is 0 Å². The SMILES string of the molecule is COc1ccc(NC(=O)c2cc(C(C)(C)C)nn2C)cc1N. The zero-order valence-corrected chi connectivity index (χ0v) is 13.6. The van der Waals surface area contributed by atoms with Gasteiger partial charge in [0.05, 0.1) is 18.5 Å². The zero-order valence-electron chi connectivity index (χ0n) is 13.6. The maximum absolute atomic E-state index is 12.4. The van der Waals surface area contributed by atoms with Crippen molar-refractivity contribution in [2.45, 2.75) is 26.2 Å². The van der Waals surface area contributed by atoms with Crippen molar-refractivity contribution in [3.63, 3.8) is 0 Å². The number of nitrogen functional groups attached to an aromatic ring is 1. The number of rotatable bonds is 3. The normalized spacial score (nSPS) is 11.3. The summed E-state index contributed by atoms with van der Waals surface area (Å²) >= 11 is 0. The van der Waals surface area contributed by atoms with E-state index < -0.39 is 0 Å². The van der Waals surface area contributed by atoms with Gasteiger partial charge in [-0.15, -0.1) is 0 Å². The molecule has 6 nitrogen and oxygen atoms in total. The molecule has 0 atom stereocenters. The first-order valence-corrected chi connectivity index (χ1v) is 7.01. The van der Waals surface area contributed by atoms with Gasteiger partial charge in [-0.3, -0.25) is 9.48 Å². The zero-order chi connectivity index (χ0) is 16.5. The first-order valence-electron chi connectivity index (χ1n) is 7.01. The molecule has 0 saturated carbocycles. The van der Waals surface area contributed by atoms with Crippen LogP contribution in [0.2, 0.25) is 0 Å². The molecule has 0 aliphatic carbocycles. The summed E-state index contributed by atoms with van der Waals surface area (Å²) in [6.07, 6.45) is 0. The summed E-state index contributed by atoms with van der Waals surface area (Å²) in [6.45, 7) is 6.17. The van der Waals surface area contributed by atoms with Gasteiger partial charge in [0.1, 0.15) is 11.4 Å². The number of benzene rings is 1. The number of amides is 1. The third-order valence-electron chi connectivity index (χ3n) is 3.37. The Labute approximate surface area is 130 Å². The Balaban J connectivity index is 2.23. The highest BCUT2D eigenvalue weighted by Gasteiger charge is 2.21. The second-order valence-electron chi connectivity index (χ2n) is 6.20. The molecule has 2 aromatic rings. The highest BCUT2D eigenvalue weighted by molar-refractivity contribution is 6.03. The van der Waals surface area contributed by atoms with E-state index >= 15 is 0 Å². The lowest BCUT2D eigenvalue weighted by molar-refractivity contribution is 0.101. The Morgan fingerprint density at radius 2 is 2.00 bits per heavy atom. The van der Waals surface area contributed by atoms with Crippen LogP contribution in [0, 0.1) is 0 Å². The van der Waals surface area contributed by atoms with Gasteiger partial charge in [0.15, 0.2) is 0 Å². The minimum atomic E-state index is -0.227. The third-order valence-corrected chi connectivity index (χ3v) is 3.37. The number of ether oxygens (including phenoxy) is 1. The van der Waals surface area contributed by atoms with Crippen molar-refractivity contribution >= 4 is 17.3 Å². The molecule has 22 heavy (non-hydrogen) atoms. The van der Waals surface area contributed by atoms with Crippen molar-refractivity contribution < 1.29 is 9.53 Å². The van der Waals surface area contributed by atoms with Crippen LogP contribution in [0.1, 0.15) is 37.0 Å². The van der Waals surface area contributed by atoms with Gasteiger partial charge in [-0.25, -0.2) is 0 Å². The second kappa shape index (κ2) is 5.71. The Morgan fingerprint density at radius 1 is 1.32 bits per heavy atom. The summed E-state index contributed by atoms with van der Waals surface area (Å²) < 4.78 is 6.68. The van der Waals surface area contributed by atoms with E-state index in [4.69, 9.17) is 10.5 Å². The molecule has 0 fully saturated rings. The summed E-state index contributed by atoms with van der Waals surface area (Å²) in [4.78, 5) is 12.4. The molecule has 0 unspecified atom stereocenters. The quantitative estimate of drug-likeness (QED) is 0.854. The average Bonchev–Trinajstić information content (AvgIpc) is 2.81. The van der Waals surface area contributed by atoms with Crippen molar-refractivity contribution in [1.82, 2.24) is 9.78 Å². The molecule has 6 heteroatoms. The number of nitrogens with zero attached hydrogens (tertiary/aromatic N) is 2. The van der Waals surface area contributed by atoms with E-state index in [-0.39, 0.29) is 11.3 Å². The van der Waals surface area contributed by atoms with Crippen LogP contribution in [-0.4, -0.2) is 22.8 Å². The number of carbonyl (C=O) groups is 1. The van der Waals surface area contributed by atoms with Crippen LogP contribution in [-0.2, 0) is 12.5 Å². The molecule has 0 bridgehead atoms. The predicted octanol–water partition coefficient (Wildman–Crippen LogP) is 2.56. The van der Waals surface area contributed by atoms with Gasteiger partial charge in [0, 0.05) is 18.2 Å². The van der Waals surface area contributed by atoms with Crippen LogP contribution in [0.4, 0.5) is 11.4 Å². The molecule has 1 aromatic carbocycles. The van der Waals surface area contributed by atoms with Crippen molar-refractivity contribution in [1.29, 1.82) is 0 Å². The smallest absolute Gasteiger partial charge is 0.273 e. The molecule has 3 N–H and O–H groups in total. The lowest BCUT2D eigenvalue weighted by atomic mass is 9.92. The minimum Gasteiger partial charge on any atom is -0.495 e. The number of anilines is 2. The fraction of sp³-hybridized carbons (Fsp3) is 0.375. The molecule has 0 aliphatic heterocycles. The van der Waals surface area contributed by atoms with Gasteiger partial charge in [0.2, 0.25) is 0 Å². The summed E-state index contributed by atoms with van der Waals surface area (Å²) in [6, 6.07) is 6.93. The minimum absolute atomic E-state index is 0.110. The number of aryl methyl sites for hydroxylation is 1. The van der Waals surface area contributed by atoms with Crippen LogP contribution in [0.25, 0.3) is 0 Å². The van der Waals surface area contributed by atoms with E-state index in [1.54, 1.807) is 37.0 Å². The molecule has 2 rings (SSSR count). The number of aromatic nitrogens is 2. The highest BCUT2D eigenvalue weighted by atomic mass is 16.5. The predicted molar refractivity (Wildman–Crippen MR) is 87.3 cm³/mol. The number of carbonyl (C=O) groups excluding carboxylic acids is 1. The Kier molecular flexibility index (Phi) is 4.12. The molecule has 0 radical (unpaired) electrons. The van der Waals surface area contributed by atoms with E-state index in [0.717, 1.165) is 5.69 Å². The van der Waals surface area contributed by atoms with Gasteiger partial charge >= 0.3 is 0 Å². The number of methoxy groups -OCH3 is 1. The Bertz CT molecular complexity index is 699. The molecular formula is C16H22N4O2. The molecule has 1 aromatic heterocycles. The monoisotopic (exact) mass is 302 g/mol. The maximum Gasteiger partial charge on any atom is 0.273 e. The van der Waals surface area contributed by atoms with E-state index in [9.17, 15) is 4.79 Å². The van der Waals surface area contributed by atoms with Crippen LogP contribution < -0.4 is 15.8 Å². The molecule has 0 aliphatic rings. The number of nitrogens with two attached hydrogens (primary N) is 1. The molecule has 0 spiro atoms. The fourth-order valence-corrected chi connectivity index (χ4v) is 2.05. The largest absolute Gasteiger partial charge is 0.495 e. The van der Waals surface area contributed by atoms with Gasteiger partial charge in [-0.1, -0.05) is 20.8 Å². The summed E-state index contributed by atoms with van der Waals surface area (Å²) in [5, 5.41) is 7.22. The average molecular weight is 302 g/mol. The fourth-order valence-electron chi connectivity index (χ4n) is 2.05. The Morgan fingerprint density at radius 3 is 2.50 bits per heavy atom. The lowest BCUT2D eigenvalue weighted by Gasteiger charge is -2.13. The van der Waals surface area contributed by atoms with E-state index in [2.05, 4.69) is 31.2 Å². The summed E-state index contributed by atoms with van der Waals surface area (Å²) in [5.41, 5.74) is 8.19. The lowest BCUT2D eigenvalue weighted by Crippen LogP contribution is -2.16. The standard InChI is InChI=1S/C16H22N4O2/c1-16(2,3)14-9-12(20(4)19-14)15(21)18-10-6-7-13(22-5)11(17)8-10/h6-9H,17H2,1-5H3,(H,18,21). The maximum atomic E-state index is 12.4. The van der Waals surface area contributed by atoms with Crippen LogP contribution in [0.3, 0.4) is 0 Å². The summed E-state index contributed by atoms with van der Waals surface area (Å²) in [5.74, 6) is 0.351. The first-order chi connectivity index (χ1) is 10.2. The van der Waals surface area contributed by atoms with Crippen molar-refractivity contribution in [3.8, 4) is 5.75 Å². The summed E-state index contributed by atoms with van der Waals surface area (Å²) in [7, 11) is 3.31. The number of hydrogen-bond donors (Lipinski definition) is 2. The van der Waals surface area contributed by atoms with E-state index in [1.807, 2.05) is 6.07 Å². The molecule has 1 heterocycles. The van der Waals surface area contributed by atoms with Gasteiger partial charge in [0.25, 0.3) is 5.91 Å². The Hall–Kier alpha value is -2.50. The topological polar surface area (TPSA) is 82.2 Å². The van der Waals surface area contributed by atoms with Crippen molar-refractivity contribution in [2.75, 3.05) is 18.2 Å². The van der Waals surface area contributed by atoms with E-state index in [0.29, 0.717) is 22.8 Å². The van der Waals surface area contributed by atoms with Gasteiger partial charge in [-0.2, -0.15) is 5.10 Å². The molecular weight excluding hydrogens is 280 g/mol. The molecule has 0 saturated heterocycles. The van der Waals surface area contributed by atoms with Crippen molar-refractivity contribution in [3.05, 3.63) is 35.7 Å². The van der Waals surface area contributed by atoms with Gasteiger partial charge < -0.3 is 15.8 Å². The molecule has 118 valence electrons. The second-order valence-corrected chi connectivity index (χ2v) is 6.20. The van der Waals surface area contributed by atoms with Crippen LogP contribution in [0.15, 0.2) is 24.3 Å². The number of hydrogen-bond acceptors (Lipinski definition) is 4. The number of nitrogens with one attached hydrogen (secondary N) is 1.